The van der Waals surface area contributed by atoms with Crippen molar-refractivity contribution in [3.8, 4) is 17.2 Å². The van der Waals surface area contributed by atoms with Gasteiger partial charge in [-0.1, -0.05) is 6.07 Å². The number of nitrogens with one attached hydrogen (secondary N) is 1. The van der Waals surface area contributed by atoms with Crippen LogP contribution in [-0.2, 0) is 6.42 Å². The molecular formula is C19H21NO4. The van der Waals surface area contributed by atoms with Crippen LogP contribution in [-0.4, -0.2) is 25.7 Å². The number of benzene rings is 2. The fraction of sp³-hybridized carbons (Fsp3) is 0.316. The molecule has 1 aliphatic heterocycles. The van der Waals surface area contributed by atoms with Gasteiger partial charge in [0.25, 0.3) is 5.91 Å². The first kappa shape index (κ1) is 16.2. The van der Waals surface area contributed by atoms with E-state index in [0.29, 0.717) is 29.4 Å². The lowest BCUT2D eigenvalue weighted by molar-refractivity contribution is 0.102. The van der Waals surface area contributed by atoms with Gasteiger partial charge < -0.3 is 19.5 Å². The Hall–Kier alpha value is -2.69. The van der Waals surface area contributed by atoms with Crippen LogP contribution >= 0.6 is 0 Å². The van der Waals surface area contributed by atoms with Crippen LogP contribution < -0.4 is 19.5 Å². The highest BCUT2D eigenvalue weighted by molar-refractivity contribution is 6.05. The van der Waals surface area contributed by atoms with Crippen molar-refractivity contribution in [3.05, 3.63) is 47.5 Å². The van der Waals surface area contributed by atoms with E-state index in [2.05, 4.69) is 5.32 Å². The first-order valence-electron chi connectivity index (χ1n) is 8.02. The number of methoxy groups -OCH3 is 1. The number of rotatable bonds is 5. The lowest BCUT2D eigenvalue weighted by Gasteiger charge is -2.14. The van der Waals surface area contributed by atoms with Crippen molar-refractivity contribution in [2.75, 3.05) is 19.0 Å². The molecule has 1 atom stereocenters. The van der Waals surface area contributed by atoms with Gasteiger partial charge in [0.1, 0.15) is 23.4 Å². The number of fused-ring (bicyclic) bond motifs is 1. The summed E-state index contributed by atoms with van der Waals surface area (Å²) >= 11 is 0. The second kappa shape index (κ2) is 6.83. The smallest absolute Gasteiger partial charge is 0.255 e. The van der Waals surface area contributed by atoms with E-state index < -0.39 is 0 Å². The molecule has 0 spiro atoms. The summed E-state index contributed by atoms with van der Waals surface area (Å²) in [4.78, 5) is 12.5. The van der Waals surface area contributed by atoms with E-state index in [0.717, 1.165) is 17.7 Å². The molecule has 2 aromatic rings. The number of carbonyl (C=O) groups is 1. The second-order valence-electron chi connectivity index (χ2n) is 5.71. The SMILES string of the molecule is CCOc1cc2c(cc1NC(=O)c1cccc(OC)c1)O[C@H](C)C2. The minimum atomic E-state index is -0.221. The number of ether oxygens (including phenoxy) is 3. The second-order valence-corrected chi connectivity index (χ2v) is 5.71. The zero-order chi connectivity index (χ0) is 17.1. The van der Waals surface area contributed by atoms with Crippen molar-refractivity contribution in [3.63, 3.8) is 0 Å². The maximum Gasteiger partial charge on any atom is 0.255 e. The fourth-order valence-corrected chi connectivity index (χ4v) is 2.77. The summed E-state index contributed by atoms with van der Waals surface area (Å²) in [7, 11) is 1.57. The molecule has 24 heavy (non-hydrogen) atoms. The molecule has 0 aliphatic carbocycles. The third-order valence-corrected chi connectivity index (χ3v) is 3.88. The zero-order valence-electron chi connectivity index (χ0n) is 14.1. The Morgan fingerprint density at radius 3 is 2.92 bits per heavy atom. The van der Waals surface area contributed by atoms with Crippen molar-refractivity contribution in [1.82, 2.24) is 0 Å². The molecule has 0 saturated carbocycles. The molecule has 5 nitrogen and oxygen atoms in total. The molecule has 1 aliphatic rings. The molecule has 0 radical (unpaired) electrons. The molecule has 1 N–H and O–H groups in total. The molecule has 1 heterocycles. The number of amides is 1. The van der Waals surface area contributed by atoms with Crippen LogP contribution in [0.3, 0.4) is 0 Å². The summed E-state index contributed by atoms with van der Waals surface area (Å²) in [6.45, 7) is 4.46. The van der Waals surface area contributed by atoms with Gasteiger partial charge in [0.2, 0.25) is 0 Å². The molecule has 2 aromatic carbocycles. The highest BCUT2D eigenvalue weighted by atomic mass is 16.5. The predicted molar refractivity (Wildman–Crippen MR) is 92.4 cm³/mol. The molecule has 126 valence electrons. The molecule has 1 amide bonds. The quantitative estimate of drug-likeness (QED) is 0.910. The maximum atomic E-state index is 12.5. The lowest BCUT2D eigenvalue weighted by Crippen LogP contribution is -2.13. The first-order chi connectivity index (χ1) is 11.6. The molecule has 0 unspecified atom stereocenters. The van der Waals surface area contributed by atoms with E-state index in [1.165, 1.54) is 0 Å². The Balaban J connectivity index is 1.88. The predicted octanol–water partition coefficient (Wildman–Crippen LogP) is 3.67. The van der Waals surface area contributed by atoms with Crippen LogP contribution in [0.2, 0.25) is 0 Å². The maximum absolute atomic E-state index is 12.5. The van der Waals surface area contributed by atoms with Gasteiger partial charge in [0.15, 0.2) is 0 Å². The van der Waals surface area contributed by atoms with E-state index in [1.807, 2.05) is 26.0 Å². The third kappa shape index (κ3) is 3.30. The van der Waals surface area contributed by atoms with Gasteiger partial charge >= 0.3 is 0 Å². The zero-order valence-corrected chi connectivity index (χ0v) is 14.1. The van der Waals surface area contributed by atoms with Crippen molar-refractivity contribution < 1.29 is 19.0 Å². The van der Waals surface area contributed by atoms with Crippen molar-refractivity contribution in [1.29, 1.82) is 0 Å². The monoisotopic (exact) mass is 327 g/mol. The number of carbonyl (C=O) groups excluding carboxylic acids is 1. The van der Waals surface area contributed by atoms with Crippen molar-refractivity contribution >= 4 is 11.6 Å². The molecule has 0 saturated heterocycles. The number of anilines is 1. The van der Waals surface area contributed by atoms with Gasteiger partial charge in [-0.3, -0.25) is 4.79 Å². The van der Waals surface area contributed by atoms with E-state index in [9.17, 15) is 4.79 Å². The minimum Gasteiger partial charge on any atom is -0.497 e. The summed E-state index contributed by atoms with van der Waals surface area (Å²) in [6.07, 6.45) is 0.985. The Bertz CT molecular complexity index is 757. The van der Waals surface area contributed by atoms with Crippen molar-refractivity contribution in [2.24, 2.45) is 0 Å². The van der Waals surface area contributed by atoms with Crippen molar-refractivity contribution in [2.45, 2.75) is 26.4 Å². The van der Waals surface area contributed by atoms with Gasteiger partial charge in [-0.2, -0.15) is 0 Å². The molecule has 3 rings (SSSR count). The highest BCUT2D eigenvalue weighted by Crippen LogP contribution is 2.38. The number of hydrogen-bond acceptors (Lipinski definition) is 4. The van der Waals surface area contributed by atoms with Crippen LogP contribution in [0.25, 0.3) is 0 Å². The normalized spacial score (nSPS) is 15.4. The summed E-state index contributed by atoms with van der Waals surface area (Å²) in [5.74, 6) is 1.87. The van der Waals surface area contributed by atoms with Crippen LogP contribution in [0.15, 0.2) is 36.4 Å². The molecular weight excluding hydrogens is 306 g/mol. The minimum absolute atomic E-state index is 0.138. The topological polar surface area (TPSA) is 56.8 Å². The highest BCUT2D eigenvalue weighted by Gasteiger charge is 2.22. The van der Waals surface area contributed by atoms with Crippen LogP contribution in [0, 0.1) is 0 Å². The molecule has 0 aromatic heterocycles. The van der Waals surface area contributed by atoms with Gasteiger partial charge in [-0.15, -0.1) is 0 Å². The first-order valence-corrected chi connectivity index (χ1v) is 8.02. The Morgan fingerprint density at radius 2 is 2.17 bits per heavy atom. The van der Waals surface area contributed by atoms with E-state index in [4.69, 9.17) is 14.2 Å². The Labute approximate surface area is 141 Å². The summed E-state index contributed by atoms with van der Waals surface area (Å²) < 4.78 is 16.6. The van der Waals surface area contributed by atoms with Crippen LogP contribution in [0.4, 0.5) is 5.69 Å². The standard InChI is InChI=1S/C19H21NO4/c1-4-23-18-10-14-8-12(2)24-17(14)11-16(18)20-19(21)13-6-5-7-15(9-13)22-3/h5-7,9-12H,4,8H2,1-3H3,(H,20,21)/t12-/m1/s1. The lowest BCUT2D eigenvalue weighted by atomic mass is 10.1. The van der Waals surface area contributed by atoms with Gasteiger partial charge in [0.05, 0.1) is 19.4 Å². The van der Waals surface area contributed by atoms with E-state index in [-0.39, 0.29) is 12.0 Å². The number of hydrogen-bond donors (Lipinski definition) is 1. The molecule has 0 fully saturated rings. The summed E-state index contributed by atoms with van der Waals surface area (Å²) in [5, 5.41) is 2.91. The largest absolute Gasteiger partial charge is 0.497 e. The molecule has 5 heteroatoms. The van der Waals surface area contributed by atoms with E-state index >= 15 is 0 Å². The van der Waals surface area contributed by atoms with E-state index in [1.54, 1.807) is 31.4 Å². The summed E-state index contributed by atoms with van der Waals surface area (Å²) in [6, 6.07) is 10.8. The third-order valence-electron chi connectivity index (χ3n) is 3.88. The van der Waals surface area contributed by atoms with Gasteiger partial charge in [-0.25, -0.2) is 0 Å². The average Bonchev–Trinajstić information content (AvgIpc) is 2.94. The molecule has 0 bridgehead atoms. The van der Waals surface area contributed by atoms with Gasteiger partial charge in [0, 0.05) is 23.6 Å². The fourth-order valence-electron chi connectivity index (χ4n) is 2.77. The summed E-state index contributed by atoms with van der Waals surface area (Å²) in [5.41, 5.74) is 2.23. The Kier molecular flexibility index (Phi) is 4.60. The van der Waals surface area contributed by atoms with Gasteiger partial charge in [-0.05, 0) is 38.1 Å². The average molecular weight is 327 g/mol. The Morgan fingerprint density at radius 1 is 1.33 bits per heavy atom. The van der Waals surface area contributed by atoms with Crippen LogP contribution in [0.5, 0.6) is 17.2 Å². The van der Waals surface area contributed by atoms with Crippen LogP contribution in [0.1, 0.15) is 29.8 Å².